The quantitative estimate of drug-likeness (QED) is 0.162. The fourth-order valence-electron chi connectivity index (χ4n) is 4.15. The number of anilines is 1. The summed E-state index contributed by atoms with van der Waals surface area (Å²) in [6.45, 7) is -0.0209. The van der Waals surface area contributed by atoms with Crippen LogP contribution >= 0.6 is 15.6 Å². The van der Waals surface area contributed by atoms with Crippen LogP contribution in [-0.4, -0.2) is 76.5 Å². The molecule has 19 nitrogen and oxygen atoms in total. The maximum Gasteiger partial charge on any atom is 0.472 e. The van der Waals surface area contributed by atoms with Gasteiger partial charge in [-0.2, -0.15) is 4.98 Å². The smallest absolute Gasteiger partial charge is 0.390 e. The highest BCUT2D eigenvalue weighted by Crippen LogP contribution is 2.49. The van der Waals surface area contributed by atoms with E-state index in [9.17, 15) is 33.5 Å². The number of hydrogen-bond donors (Lipinski definition) is 6. The normalized spacial score (nSPS) is 28.5. The van der Waals surface area contributed by atoms with E-state index in [0.29, 0.717) is 0 Å². The first-order chi connectivity index (χ1) is 18.6. The predicted molar refractivity (Wildman–Crippen MR) is 131 cm³/mol. The van der Waals surface area contributed by atoms with Crippen LogP contribution in [-0.2, 0) is 32.2 Å². The van der Waals surface area contributed by atoms with Crippen molar-refractivity contribution in [2.75, 3.05) is 18.9 Å². The number of nitrogens with two attached hydrogens (primary N) is 1. The lowest BCUT2D eigenvalue weighted by Gasteiger charge is -2.22. The van der Waals surface area contributed by atoms with Crippen LogP contribution in [0.3, 0.4) is 0 Å². The van der Waals surface area contributed by atoms with Crippen LogP contribution in [0.2, 0.25) is 0 Å². The Balaban J connectivity index is 1.43. The summed E-state index contributed by atoms with van der Waals surface area (Å²) in [5.41, 5.74) is 3.38. The van der Waals surface area contributed by atoms with E-state index in [1.54, 1.807) is 0 Å². The number of phosphoric ester groups is 2. The van der Waals surface area contributed by atoms with E-state index in [0.717, 1.165) is 9.13 Å². The second kappa shape index (κ2) is 11.8. The van der Waals surface area contributed by atoms with Gasteiger partial charge in [-0.05, 0) is 13.0 Å². The summed E-state index contributed by atoms with van der Waals surface area (Å²) >= 11 is 0. The summed E-state index contributed by atoms with van der Waals surface area (Å²) in [6.07, 6.45) is -5.08. The molecule has 40 heavy (non-hydrogen) atoms. The number of phosphoric acid groups is 2. The second-order valence-electron chi connectivity index (χ2n) is 9.01. The number of aryl methyl sites for hydroxylation is 1. The SMILES string of the molecule is Cc1cn(C2CC(OP(=O)(O)OCC3OC(n4ccc(N)nc4=O)CC3O)C(COP(=O)(O)O)O2)c(=O)[nH]c1=O. The number of aliphatic hydroxyl groups excluding tert-OH is 1. The summed E-state index contributed by atoms with van der Waals surface area (Å²) in [7, 11) is -9.92. The summed E-state index contributed by atoms with van der Waals surface area (Å²) in [6, 6.07) is 1.35. The van der Waals surface area contributed by atoms with Gasteiger partial charge in [0.1, 0.15) is 36.6 Å². The van der Waals surface area contributed by atoms with Gasteiger partial charge in [0.25, 0.3) is 5.56 Å². The van der Waals surface area contributed by atoms with Gasteiger partial charge in [-0.3, -0.25) is 32.5 Å². The van der Waals surface area contributed by atoms with E-state index in [-0.39, 0.29) is 24.2 Å². The van der Waals surface area contributed by atoms with E-state index in [1.165, 1.54) is 25.4 Å². The molecule has 21 heteroatoms. The molecule has 0 amide bonds. The number of rotatable bonds is 10. The largest absolute Gasteiger partial charge is 0.472 e. The molecular weight excluding hydrogens is 584 g/mol. The van der Waals surface area contributed by atoms with E-state index in [4.69, 9.17) is 34.0 Å². The fourth-order valence-corrected chi connectivity index (χ4v) is 5.45. The van der Waals surface area contributed by atoms with E-state index >= 15 is 0 Å². The molecule has 0 radical (unpaired) electrons. The minimum absolute atomic E-state index is 0.0127. The third kappa shape index (κ3) is 7.39. The molecule has 7 unspecified atom stereocenters. The third-order valence-electron chi connectivity index (χ3n) is 6.08. The minimum atomic E-state index is -4.98. The van der Waals surface area contributed by atoms with Gasteiger partial charge >= 0.3 is 27.0 Å². The second-order valence-corrected chi connectivity index (χ2v) is 11.7. The van der Waals surface area contributed by atoms with Crippen LogP contribution < -0.4 is 22.7 Å². The molecule has 4 rings (SSSR count). The summed E-state index contributed by atoms with van der Waals surface area (Å²) in [4.78, 5) is 70.1. The van der Waals surface area contributed by atoms with Gasteiger partial charge in [-0.1, -0.05) is 0 Å². The summed E-state index contributed by atoms with van der Waals surface area (Å²) in [5.74, 6) is -0.0127. The number of nitrogens with zero attached hydrogens (tertiary/aromatic N) is 3. The first kappa shape index (κ1) is 30.4. The standard InChI is InChI=1S/C19H27N5O14P2/c1-9-6-24(19(28)22-17(9)26)16-5-11(13(37-16)8-34-39(29,30)31)38-40(32,33)35-7-12-10(25)4-15(36-12)23-3-2-14(20)21-18(23)27/h2-3,6,10-13,15-16,25H,4-5,7-8H2,1H3,(H,32,33)(H2,20,21,27)(H,22,26,28)(H2,29,30,31). The van der Waals surface area contributed by atoms with Crippen molar-refractivity contribution in [1.29, 1.82) is 0 Å². The van der Waals surface area contributed by atoms with Gasteiger partial charge < -0.3 is 35.0 Å². The number of ether oxygens (including phenoxy) is 2. The Morgan fingerprint density at radius 1 is 1.07 bits per heavy atom. The van der Waals surface area contributed by atoms with Crippen LogP contribution in [0.25, 0.3) is 0 Å². The zero-order chi connectivity index (χ0) is 29.4. The van der Waals surface area contributed by atoms with Crippen molar-refractivity contribution < 1.29 is 52.0 Å². The van der Waals surface area contributed by atoms with Crippen molar-refractivity contribution in [1.82, 2.24) is 19.1 Å². The Bertz CT molecular complexity index is 1500. The Morgan fingerprint density at radius 2 is 1.73 bits per heavy atom. The average Bonchev–Trinajstić information content (AvgIpc) is 3.40. The maximum absolute atomic E-state index is 12.8. The number of hydrogen-bond acceptors (Lipinski definition) is 13. The first-order valence-electron chi connectivity index (χ1n) is 11.6. The molecule has 0 aromatic carbocycles. The number of aliphatic hydroxyl groups is 1. The van der Waals surface area contributed by atoms with Crippen LogP contribution in [0.4, 0.5) is 5.82 Å². The van der Waals surface area contributed by atoms with Crippen molar-refractivity contribution in [3.05, 3.63) is 55.3 Å². The Morgan fingerprint density at radius 3 is 2.40 bits per heavy atom. The highest BCUT2D eigenvalue weighted by molar-refractivity contribution is 7.47. The number of aromatic nitrogens is 4. The van der Waals surface area contributed by atoms with Crippen LogP contribution in [0, 0.1) is 6.92 Å². The molecule has 2 fully saturated rings. The van der Waals surface area contributed by atoms with E-state index in [2.05, 4.69) is 14.5 Å². The van der Waals surface area contributed by atoms with Crippen molar-refractivity contribution in [3.63, 3.8) is 0 Å². The molecule has 0 bridgehead atoms. The van der Waals surface area contributed by atoms with Crippen molar-refractivity contribution in [2.45, 2.75) is 56.6 Å². The fraction of sp³-hybridized carbons (Fsp3) is 0.579. The zero-order valence-corrected chi connectivity index (χ0v) is 22.5. The summed E-state index contributed by atoms with van der Waals surface area (Å²) < 4.78 is 51.8. The molecular formula is C19H27N5O14P2. The minimum Gasteiger partial charge on any atom is -0.390 e. The number of aromatic amines is 1. The van der Waals surface area contributed by atoms with Crippen LogP contribution in [0.1, 0.15) is 30.9 Å². The number of nitrogen functional groups attached to an aromatic ring is 1. The third-order valence-corrected chi connectivity index (χ3v) is 7.58. The zero-order valence-electron chi connectivity index (χ0n) is 20.7. The van der Waals surface area contributed by atoms with Crippen molar-refractivity contribution >= 4 is 21.5 Å². The Labute approximate surface area is 223 Å². The molecule has 7 atom stereocenters. The Hall–Kier alpha value is -2.54. The topological polar surface area (TPSA) is 277 Å². The molecule has 2 aromatic rings. The van der Waals surface area contributed by atoms with E-state index in [1.807, 2.05) is 0 Å². The predicted octanol–water partition coefficient (Wildman–Crippen LogP) is -1.77. The van der Waals surface area contributed by atoms with Crippen LogP contribution in [0.5, 0.6) is 0 Å². The lowest BCUT2D eigenvalue weighted by Crippen LogP contribution is -2.33. The maximum atomic E-state index is 12.8. The van der Waals surface area contributed by atoms with Crippen molar-refractivity contribution in [2.24, 2.45) is 0 Å². The molecule has 0 spiro atoms. The molecule has 7 N–H and O–H groups in total. The highest BCUT2D eigenvalue weighted by atomic mass is 31.2. The van der Waals surface area contributed by atoms with Gasteiger partial charge in [0.05, 0.1) is 19.3 Å². The van der Waals surface area contributed by atoms with Gasteiger partial charge in [0, 0.05) is 30.8 Å². The number of H-pyrrole nitrogens is 1. The average molecular weight is 611 g/mol. The Kier molecular flexibility index (Phi) is 8.94. The lowest BCUT2D eigenvalue weighted by molar-refractivity contribution is -0.0570. The molecule has 222 valence electrons. The molecule has 4 heterocycles. The molecule has 2 aliphatic heterocycles. The summed E-state index contributed by atoms with van der Waals surface area (Å²) in [5, 5.41) is 10.3. The van der Waals surface area contributed by atoms with Gasteiger partial charge in [0.2, 0.25) is 0 Å². The van der Waals surface area contributed by atoms with Crippen molar-refractivity contribution in [3.8, 4) is 0 Å². The van der Waals surface area contributed by atoms with E-state index < -0.39 is 82.7 Å². The highest BCUT2D eigenvalue weighted by Gasteiger charge is 2.44. The molecule has 0 saturated carbocycles. The molecule has 2 aliphatic rings. The van der Waals surface area contributed by atoms with Gasteiger partial charge in [-0.15, -0.1) is 0 Å². The lowest BCUT2D eigenvalue weighted by atomic mass is 10.2. The number of nitrogens with one attached hydrogen (secondary N) is 1. The monoisotopic (exact) mass is 611 g/mol. The van der Waals surface area contributed by atoms with Gasteiger partial charge in [-0.25, -0.2) is 18.7 Å². The molecule has 0 aliphatic carbocycles. The molecule has 2 aromatic heterocycles. The molecule has 2 saturated heterocycles. The first-order valence-corrected chi connectivity index (χ1v) is 14.7. The van der Waals surface area contributed by atoms with Crippen LogP contribution in [0.15, 0.2) is 32.8 Å². The van der Waals surface area contributed by atoms with Gasteiger partial charge in [0.15, 0.2) is 0 Å².